The van der Waals surface area contributed by atoms with E-state index in [1.165, 1.54) is 6.07 Å². The summed E-state index contributed by atoms with van der Waals surface area (Å²) in [5, 5.41) is 22.9. The lowest BCUT2D eigenvalue weighted by Gasteiger charge is -2.32. The van der Waals surface area contributed by atoms with Crippen molar-refractivity contribution >= 4 is 17.0 Å². The van der Waals surface area contributed by atoms with Gasteiger partial charge in [0.2, 0.25) is 5.88 Å². The molecular formula is C29H32FN7O4. The number of carboxylic acids is 1. The molecule has 0 spiro atoms. The molecule has 0 radical (unpaired) electrons. The zero-order chi connectivity index (χ0) is 27.6. The van der Waals surface area contributed by atoms with Gasteiger partial charge in [-0.2, -0.15) is 5.26 Å². The van der Waals surface area contributed by atoms with Crippen molar-refractivity contribution in [2.75, 3.05) is 19.7 Å². The summed E-state index contributed by atoms with van der Waals surface area (Å²) in [5.74, 6) is -0.0798. The zero-order valence-electron chi connectivity index (χ0n) is 22.6. The first-order valence-corrected chi connectivity index (χ1v) is 13.4. The Kier molecular flexibility index (Phi) is 8.30. The van der Waals surface area contributed by atoms with Crippen LogP contribution in [0.1, 0.15) is 52.6 Å². The fourth-order valence-electron chi connectivity index (χ4n) is 5.29. The van der Waals surface area contributed by atoms with Crippen LogP contribution in [-0.4, -0.2) is 61.1 Å². The molecule has 0 unspecified atom stereocenters. The lowest BCUT2D eigenvalue weighted by Crippen LogP contribution is -2.36. The molecule has 2 saturated heterocycles. The number of fused-ring (bicyclic) bond motifs is 1. The summed E-state index contributed by atoms with van der Waals surface area (Å²) in [5.41, 5.74) is 2.51. The Morgan fingerprint density at radius 3 is 2.66 bits per heavy atom. The molecule has 2 aromatic heterocycles. The molecule has 41 heavy (non-hydrogen) atoms. The summed E-state index contributed by atoms with van der Waals surface area (Å²) < 4.78 is 29.6. The van der Waals surface area contributed by atoms with E-state index in [1.54, 1.807) is 36.4 Å². The summed E-state index contributed by atoms with van der Waals surface area (Å²) in [6.45, 7) is 3.84. The predicted molar refractivity (Wildman–Crippen MR) is 147 cm³/mol. The number of piperidine rings is 1. The molecule has 0 aliphatic carbocycles. The Morgan fingerprint density at radius 2 is 1.98 bits per heavy atom. The van der Waals surface area contributed by atoms with Crippen LogP contribution in [0.25, 0.3) is 11.0 Å². The summed E-state index contributed by atoms with van der Waals surface area (Å²) in [6, 6.07) is 13.3. The van der Waals surface area contributed by atoms with Crippen LogP contribution in [-0.2, 0) is 24.4 Å². The zero-order valence-corrected chi connectivity index (χ0v) is 22.6. The molecule has 214 valence electrons. The number of aromatic nitrogens is 4. The number of nitriles is 1. The maximum absolute atomic E-state index is 14.1. The van der Waals surface area contributed by atoms with Gasteiger partial charge in [0.05, 0.1) is 53.5 Å². The molecule has 0 amide bonds. The minimum absolute atomic E-state index is 0. The third-order valence-corrected chi connectivity index (χ3v) is 7.69. The molecule has 0 bridgehead atoms. The number of carbonyl (C=O) groups is 1. The van der Waals surface area contributed by atoms with Crippen molar-refractivity contribution in [2.45, 2.75) is 51.1 Å². The van der Waals surface area contributed by atoms with Crippen LogP contribution < -0.4 is 10.9 Å². The van der Waals surface area contributed by atoms with E-state index in [0.29, 0.717) is 24.5 Å². The van der Waals surface area contributed by atoms with Gasteiger partial charge in [-0.25, -0.2) is 14.2 Å². The third-order valence-electron chi connectivity index (χ3n) is 7.69. The molecule has 2 aromatic carbocycles. The first-order valence-electron chi connectivity index (χ1n) is 13.4. The SMILES string of the molecule is N.N#Cc1ccc(COc2ccn(C3CCN(Cc4nc5ccc(C(=O)O)cc5n4C[C@@H]4CCO4)CC3)n2)c(F)c1. The Labute approximate surface area is 236 Å². The van der Waals surface area contributed by atoms with Crippen molar-refractivity contribution in [1.29, 1.82) is 5.26 Å². The van der Waals surface area contributed by atoms with E-state index in [0.717, 1.165) is 55.8 Å². The molecule has 4 heterocycles. The highest BCUT2D eigenvalue weighted by molar-refractivity contribution is 5.92. The lowest BCUT2D eigenvalue weighted by atomic mass is 10.1. The number of rotatable bonds is 9. The fourth-order valence-corrected chi connectivity index (χ4v) is 5.29. The second-order valence-corrected chi connectivity index (χ2v) is 10.3. The quantitative estimate of drug-likeness (QED) is 0.304. The normalized spacial score (nSPS) is 17.5. The Balaban J connectivity index is 0.00000337. The van der Waals surface area contributed by atoms with E-state index in [9.17, 15) is 14.3 Å². The van der Waals surface area contributed by atoms with E-state index < -0.39 is 11.8 Å². The van der Waals surface area contributed by atoms with Gasteiger partial charge >= 0.3 is 5.97 Å². The first-order chi connectivity index (χ1) is 19.5. The molecular weight excluding hydrogens is 529 g/mol. The molecule has 2 aliphatic rings. The van der Waals surface area contributed by atoms with Crippen molar-refractivity contribution in [3.8, 4) is 11.9 Å². The lowest BCUT2D eigenvalue weighted by molar-refractivity contribution is -0.0592. The molecule has 4 N–H and O–H groups in total. The molecule has 0 saturated carbocycles. The van der Waals surface area contributed by atoms with Gasteiger partial charge in [0.25, 0.3) is 0 Å². The number of ether oxygens (including phenoxy) is 2. The standard InChI is InChI=1S/C29H29FN6O4.H3N/c30-24-13-19(15-31)1-2-21(24)18-40-28-7-11-36(33-28)22-5-9-34(10-6-22)17-27-32-25-4-3-20(29(37)38)14-26(25)35(27)16-23-8-12-39-23;/h1-4,7,11,13-14,22-23H,5-6,8-10,12,16-18H2,(H,37,38);1H3/t23-;/m0./s1. The van der Waals surface area contributed by atoms with E-state index >= 15 is 0 Å². The second-order valence-electron chi connectivity index (χ2n) is 10.3. The van der Waals surface area contributed by atoms with Crippen molar-refractivity contribution < 1.29 is 23.8 Å². The average Bonchev–Trinajstić information content (AvgIpc) is 3.54. The minimum atomic E-state index is -0.952. The first kappa shape index (κ1) is 28.2. The topological polar surface area (TPSA) is 153 Å². The molecule has 2 aliphatic heterocycles. The van der Waals surface area contributed by atoms with Crippen LogP contribution in [0.4, 0.5) is 4.39 Å². The van der Waals surface area contributed by atoms with Gasteiger partial charge in [0.15, 0.2) is 0 Å². The van der Waals surface area contributed by atoms with Gasteiger partial charge in [-0.15, -0.1) is 5.10 Å². The molecule has 6 rings (SSSR count). The van der Waals surface area contributed by atoms with Crippen LogP contribution in [0.15, 0.2) is 48.7 Å². The number of benzene rings is 2. The van der Waals surface area contributed by atoms with Gasteiger partial charge in [-0.1, -0.05) is 6.07 Å². The minimum Gasteiger partial charge on any atom is -0.478 e. The van der Waals surface area contributed by atoms with Crippen LogP contribution >= 0.6 is 0 Å². The van der Waals surface area contributed by atoms with E-state index in [-0.39, 0.29) is 36.0 Å². The van der Waals surface area contributed by atoms with Gasteiger partial charge in [0, 0.05) is 37.5 Å². The van der Waals surface area contributed by atoms with E-state index in [4.69, 9.17) is 19.7 Å². The Morgan fingerprint density at radius 1 is 1.17 bits per heavy atom. The average molecular weight is 562 g/mol. The number of hydrogen-bond donors (Lipinski definition) is 2. The summed E-state index contributed by atoms with van der Waals surface area (Å²) in [6.07, 6.45) is 4.81. The van der Waals surface area contributed by atoms with Gasteiger partial charge < -0.3 is 25.3 Å². The van der Waals surface area contributed by atoms with Crippen LogP contribution in [0.2, 0.25) is 0 Å². The Bertz CT molecular complexity index is 1580. The smallest absolute Gasteiger partial charge is 0.335 e. The maximum Gasteiger partial charge on any atom is 0.335 e. The monoisotopic (exact) mass is 561 g/mol. The molecule has 4 aromatic rings. The highest BCUT2D eigenvalue weighted by Gasteiger charge is 2.26. The number of hydrogen-bond acceptors (Lipinski definition) is 8. The van der Waals surface area contributed by atoms with Gasteiger partial charge in [-0.05, 0) is 49.6 Å². The van der Waals surface area contributed by atoms with Crippen molar-refractivity contribution in [3.05, 3.63) is 77.0 Å². The largest absolute Gasteiger partial charge is 0.478 e. The second kappa shape index (κ2) is 12.1. The summed E-state index contributed by atoms with van der Waals surface area (Å²) in [7, 11) is 0. The van der Waals surface area contributed by atoms with Crippen molar-refractivity contribution in [2.24, 2.45) is 0 Å². The number of likely N-dealkylation sites (tertiary alicyclic amines) is 1. The number of carboxylic acid groups (broad SMARTS) is 1. The van der Waals surface area contributed by atoms with Gasteiger partial charge in [0.1, 0.15) is 18.2 Å². The Hall–Kier alpha value is -4.31. The molecule has 11 nitrogen and oxygen atoms in total. The van der Waals surface area contributed by atoms with E-state index in [2.05, 4.69) is 14.6 Å². The molecule has 12 heteroatoms. The van der Waals surface area contributed by atoms with Crippen molar-refractivity contribution in [1.82, 2.24) is 30.4 Å². The maximum atomic E-state index is 14.1. The van der Waals surface area contributed by atoms with Crippen LogP contribution in [0.3, 0.4) is 0 Å². The molecule has 2 fully saturated rings. The van der Waals surface area contributed by atoms with Gasteiger partial charge in [-0.3, -0.25) is 9.58 Å². The summed E-state index contributed by atoms with van der Waals surface area (Å²) >= 11 is 0. The number of nitrogens with zero attached hydrogens (tertiary/aromatic N) is 6. The predicted octanol–water partition coefficient (Wildman–Crippen LogP) is 4.31. The highest BCUT2D eigenvalue weighted by Crippen LogP contribution is 2.27. The van der Waals surface area contributed by atoms with Crippen molar-refractivity contribution in [3.63, 3.8) is 0 Å². The number of aromatic carboxylic acids is 1. The molecule has 1 atom stereocenters. The number of halogens is 1. The number of imidazole rings is 1. The van der Waals surface area contributed by atoms with E-state index in [1.807, 2.05) is 16.9 Å². The van der Waals surface area contributed by atoms with Crippen LogP contribution in [0.5, 0.6) is 5.88 Å². The summed E-state index contributed by atoms with van der Waals surface area (Å²) in [4.78, 5) is 18.8. The van der Waals surface area contributed by atoms with Crippen LogP contribution in [0, 0.1) is 17.1 Å². The highest BCUT2D eigenvalue weighted by atomic mass is 19.1. The third kappa shape index (κ3) is 6.07. The fraction of sp³-hybridized carbons (Fsp3) is 0.379.